The molecule has 2 nitrogen and oxygen atoms in total. The van der Waals surface area contributed by atoms with Crippen LogP contribution >= 0.6 is 0 Å². The van der Waals surface area contributed by atoms with E-state index >= 15 is 0 Å². The van der Waals surface area contributed by atoms with Crippen LogP contribution in [-0.2, 0) is 0 Å². The Hall–Kier alpha value is -1.12. The van der Waals surface area contributed by atoms with Crippen molar-refractivity contribution in [2.45, 2.75) is 64.1 Å². The number of hydrogen-bond donors (Lipinski definition) is 2. The van der Waals surface area contributed by atoms with Gasteiger partial charge in [-0.25, -0.2) is 0 Å². The van der Waals surface area contributed by atoms with E-state index in [0.29, 0.717) is 24.0 Å². The normalized spacial score (nSPS) is 32.3. The number of benzene rings is 1. The molecule has 2 saturated carbocycles. The maximum atomic E-state index is 6.01. The summed E-state index contributed by atoms with van der Waals surface area (Å²) in [5.41, 5.74) is 8.95. The van der Waals surface area contributed by atoms with Crippen LogP contribution in [0.1, 0.15) is 51.5 Å². The second-order valence-corrected chi connectivity index (χ2v) is 7.44. The van der Waals surface area contributed by atoms with E-state index in [1.807, 2.05) is 0 Å². The van der Waals surface area contributed by atoms with Crippen molar-refractivity contribution in [3.8, 4) is 0 Å². The third-order valence-corrected chi connectivity index (χ3v) is 5.24. The maximum absolute atomic E-state index is 6.01. The Morgan fingerprint density at radius 3 is 2.45 bits per heavy atom. The van der Waals surface area contributed by atoms with Crippen LogP contribution in [0.15, 0.2) is 35.9 Å². The van der Waals surface area contributed by atoms with Gasteiger partial charge in [-0.2, -0.15) is 0 Å². The van der Waals surface area contributed by atoms with Crippen LogP contribution in [0.5, 0.6) is 0 Å². The Bertz CT molecular complexity index is 498. The van der Waals surface area contributed by atoms with E-state index in [0.717, 1.165) is 5.92 Å². The predicted molar refractivity (Wildman–Crippen MR) is 94.5 cm³/mol. The molecule has 2 fully saturated rings. The summed E-state index contributed by atoms with van der Waals surface area (Å²) >= 11 is 0. The first kappa shape index (κ1) is 15.8. The van der Waals surface area contributed by atoms with Crippen molar-refractivity contribution in [1.82, 2.24) is 5.32 Å². The largest absolute Gasteiger partial charge is 0.328 e. The molecule has 1 aromatic carbocycles. The summed E-state index contributed by atoms with van der Waals surface area (Å²) in [4.78, 5) is 0. The molecule has 120 valence electrons. The van der Waals surface area contributed by atoms with Crippen molar-refractivity contribution in [2.24, 2.45) is 17.6 Å². The van der Waals surface area contributed by atoms with Crippen molar-refractivity contribution >= 4 is 6.08 Å². The Morgan fingerprint density at radius 1 is 1.14 bits per heavy atom. The van der Waals surface area contributed by atoms with Gasteiger partial charge in [0.1, 0.15) is 0 Å². The molecule has 3 rings (SSSR count). The molecule has 0 aliphatic heterocycles. The molecule has 3 N–H and O–H groups in total. The number of nitrogens with one attached hydrogen (secondary N) is 1. The molecule has 2 atom stereocenters. The lowest BCUT2D eigenvalue weighted by Gasteiger charge is -2.27. The van der Waals surface area contributed by atoms with E-state index in [2.05, 4.69) is 55.6 Å². The van der Waals surface area contributed by atoms with E-state index in [-0.39, 0.29) is 0 Å². The van der Waals surface area contributed by atoms with E-state index in [1.54, 1.807) is 5.57 Å². The standard InChI is InChI=1S/C20H30N2/c1-14(2)18(12-15-6-4-3-5-7-15)19-13-20(19)22-17-10-8-16(21)9-11-17/h3-7,12,14,16-17,19-20,22H,8-11,13,21H2,1-2H3/b18-12+/t16?,17?,19-,20?/m0/s1. The van der Waals surface area contributed by atoms with Crippen molar-refractivity contribution < 1.29 is 0 Å². The first-order valence-corrected chi connectivity index (χ1v) is 8.91. The van der Waals surface area contributed by atoms with Gasteiger partial charge in [-0.1, -0.05) is 55.8 Å². The average Bonchev–Trinajstić information content (AvgIpc) is 3.27. The molecule has 2 aliphatic rings. The molecule has 1 unspecified atom stereocenters. The molecule has 0 bridgehead atoms. The van der Waals surface area contributed by atoms with Gasteiger partial charge >= 0.3 is 0 Å². The van der Waals surface area contributed by atoms with Crippen molar-refractivity contribution in [3.05, 3.63) is 41.5 Å². The van der Waals surface area contributed by atoms with Gasteiger partial charge in [0.25, 0.3) is 0 Å². The molecule has 0 amide bonds. The fourth-order valence-corrected chi connectivity index (χ4v) is 3.78. The maximum Gasteiger partial charge on any atom is 0.0142 e. The quantitative estimate of drug-likeness (QED) is 0.863. The van der Waals surface area contributed by atoms with Gasteiger partial charge in [-0.3, -0.25) is 0 Å². The minimum Gasteiger partial charge on any atom is -0.328 e. The highest BCUT2D eigenvalue weighted by Gasteiger charge is 2.41. The van der Waals surface area contributed by atoms with Crippen LogP contribution in [0.4, 0.5) is 0 Å². The Labute approximate surface area is 135 Å². The Morgan fingerprint density at radius 2 is 1.82 bits per heavy atom. The van der Waals surface area contributed by atoms with E-state index < -0.39 is 0 Å². The summed E-state index contributed by atoms with van der Waals surface area (Å²) in [6.07, 6.45) is 8.60. The molecule has 2 heteroatoms. The van der Waals surface area contributed by atoms with E-state index in [4.69, 9.17) is 5.73 Å². The van der Waals surface area contributed by atoms with Crippen LogP contribution in [-0.4, -0.2) is 18.1 Å². The smallest absolute Gasteiger partial charge is 0.0142 e. The highest BCUT2D eigenvalue weighted by molar-refractivity contribution is 5.55. The molecular formula is C20H30N2. The number of rotatable bonds is 5. The lowest BCUT2D eigenvalue weighted by molar-refractivity contribution is 0.338. The molecule has 2 aliphatic carbocycles. The molecular weight excluding hydrogens is 268 g/mol. The SMILES string of the molecule is CC(C)/C(=C\c1ccccc1)[C@@H]1CC1NC1CCC(N)CC1. The topological polar surface area (TPSA) is 38.0 Å². The van der Waals surface area contributed by atoms with Gasteiger partial charge in [0.15, 0.2) is 0 Å². The molecule has 0 aromatic heterocycles. The molecule has 22 heavy (non-hydrogen) atoms. The van der Waals surface area contributed by atoms with E-state index in [1.165, 1.54) is 37.7 Å². The fraction of sp³-hybridized carbons (Fsp3) is 0.600. The third-order valence-electron chi connectivity index (χ3n) is 5.24. The van der Waals surface area contributed by atoms with Gasteiger partial charge in [0.05, 0.1) is 0 Å². The lowest BCUT2D eigenvalue weighted by Crippen LogP contribution is -2.39. The monoisotopic (exact) mass is 298 g/mol. The first-order valence-electron chi connectivity index (χ1n) is 8.91. The zero-order valence-corrected chi connectivity index (χ0v) is 14.0. The molecule has 0 saturated heterocycles. The molecule has 0 spiro atoms. The van der Waals surface area contributed by atoms with Gasteiger partial charge in [-0.15, -0.1) is 0 Å². The minimum absolute atomic E-state index is 0.442. The third kappa shape index (κ3) is 3.99. The van der Waals surface area contributed by atoms with Crippen LogP contribution in [0.3, 0.4) is 0 Å². The first-order chi connectivity index (χ1) is 10.6. The summed E-state index contributed by atoms with van der Waals surface area (Å²) in [5, 5.41) is 3.89. The van der Waals surface area contributed by atoms with Crippen LogP contribution in [0.25, 0.3) is 6.08 Å². The molecule has 0 heterocycles. The number of nitrogens with two attached hydrogens (primary N) is 1. The average molecular weight is 298 g/mol. The second-order valence-electron chi connectivity index (χ2n) is 7.44. The van der Waals surface area contributed by atoms with Crippen molar-refractivity contribution in [1.29, 1.82) is 0 Å². The van der Waals surface area contributed by atoms with Crippen molar-refractivity contribution in [2.75, 3.05) is 0 Å². The van der Waals surface area contributed by atoms with E-state index in [9.17, 15) is 0 Å². The fourth-order valence-electron chi connectivity index (χ4n) is 3.78. The summed E-state index contributed by atoms with van der Waals surface area (Å²) in [5.74, 6) is 1.35. The summed E-state index contributed by atoms with van der Waals surface area (Å²) in [6.45, 7) is 4.65. The lowest BCUT2D eigenvalue weighted by atomic mass is 9.91. The van der Waals surface area contributed by atoms with Crippen molar-refractivity contribution in [3.63, 3.8) is 0 Å². The molecule has 1 aromatic rings. The zero-order valence-electron chi connectivity index (χ0n) is 14.0. The predicted octanol–water partition coefficient (Wildman–Crippen LogP) is 3.97. The van der Waals surface area contributed by atoms with Crippen LogP contribution < -0.4 is 11.1 Å². The second kappa shape index (κ2) is 6.97. The van der Waals surface area contributed by atoms with Gasteiger partial charge in [-0.05, 0) is 49.5 Å². The van der Waals surface area contributed by atoms with Gasteiger partial charge in [0, 0.05) is 18.1 Å². The Kier molecular flexibility index (Phi) is 5.00. The van der Waals surface area contributed by atoms with Crippen LogP contribution in [0, 0.1) is 11.8 Å². The van der Waals surface area contributed by atoms with Gasteiger partial charge in [0.2, 0.25) is 0 Å². The highest BCUT2D eigenvalue weighted by Crippen LogP contribution is 2.42. The summed E-state index contributed by atoms with van der Waals surface area (Å²) in [6, 6.07) is 12.6. The van der Waals surface area contributed by atoms with Gasteiger partial charge < -0.3 is 11.1 Å². The zero-order chi connectivity index (χ0) is 15.5. The molecule has 0 radical (unpaired) electrons. The Balaban J connectivity index is 1.59. The highest BCUT2D eigenvalue weighted by atomic mass is 15.0. The number of hydrogen-bond acceptors (Lipinski definition) is 2. The minimum atomic E-state index is 0.442. The summed E-state index contributed by atoms with van der Waals surface area (Å²) < 4.78 is 0. The van der Waals surface area contributed by atoms with Crippen LogP contribution in [0.2, 0.25) is 0 Å². The summed E-state index contributed by atoms with van der Waals surface area (Å²) in [7, 11) is 0.